The third-order valence-corrected chi connectivity index (χ3v) is 6.14. The average molecular weight is 453 g/mol. The number of benzene rings is 2. The minimum atomic E-state index is -0.0144. The lowest BCUT2D eigenvalue weighted by Gasteiger charge is -2.22. The first-order valence-electron chi connectivity index (χ1n) is 11.2. The van der Waals surface area contributed by atoms with Crippen molar-refractivity contribution in [2.75, 3.05) is 13.2 Å². The summed E-state index contributed by atoms with van der Waals surface area (Å²) in [6.07, 6.45) is 3.69. The molecule has 1 aliphatic heterocycles. The summed E-state index contributed by atoms with van der Waals surface area (Å²) in [4.78, 5) is 20.5. The molecule has 0 N–H and O–H groups in total. The van der Waals surface area contributed by atoms with E-state index in [1.54, 1.807) is 4.90 Å². The number of ether oxygens (including phenoxy) is 2. The molecule has 2 aromatic carbocycles. The standard InChI is InChI=1S/C26H32N2O3S/c1-6-15-31-22-14-11-20(16-23(22)30-8-3)17-24-25(29)28(19(5)7-2)26(32-24)27-21-12-9-18(4)10-13-21/h9-14,16-17,19H,6-8,15H2,1-5H3/b24-17+,27-26?/t19-/m0/s1. The smallest absolute Gasteiger partial charge is 0.266 e. The number of carbonyl (C=O) groups is 1. The fraction of sp³-hybridized carbons (Fsp3) is 0.385. The van der Waals surface area contributed by atoms with Crippen LogP contribution in [0.3, 0.4) is 0 Å². The fourth-order valence-corrected chi connectivity index (χ4v) is 4.32. The van der Waals surface area contributed by atoms with Gasteiger partial charge in [0.05, 0.1) is 23.8 Å². The lowest BCUT2D eigenvalue weighted by Crippen LogP contribution is -2.36. The van der Waals surface area contributed by atoms with E-state index >= 15 is 0 Å². The Morgan fingerprint density at radius 1 is 1.06 bits per heavy atom. The van der Waals surface area contributed by atoms with Crippen molar-refractivity contribution in [2.45, 2.75) is 53.5 Å². The highest BCUT2D eigenvalue weighted by Gasteiger charge is 2.36. The molecule has 1 atom stereocenters. The lowest BCUT2D eigenvalue weighted by molar-refractivity contribution is -0.123. The van der Waals surface area contributed by atoms with Gasteiger partial charge in [0.2, 0.25) is 0 Å². The van der Waals surface area contributed by atoms with E-state index in [0.717, 1.165) is 29.8 Å². The topological polar surface area (TPSA) is 51.1 Å². The monoisotopic (exact) mass is 452 g/mol. The average Bonchev–Trinajstić information content (AvgIpc) is 3.09. The molecule has 1 heterocycles. The molecule has 0 aliphatic carbocycles. The summed E-state index contributed by atoms with van der Waals surface area (Å²) >= 11 is 1.42. The van der Waals surface area contributed by atoms with Gasteiger partial charge in [0.1, 0.15) is 0 Å². The molecule has 0 radical (unpaired) electrons. The Morgan fingerprint density at radius 3 is 2.47 bits per heavy atom. The summed E-state index contributed by atoms with van der Waals surface area (Å²) in [5, 5.41) is 0.715. The number of carbonyl (C=O) groups excluding carboxylic acids is 1. The predicted octanol–water partition coefficient (Wildman–Crippen LogP) is 6.59. The summed E-state index contributed by atoms with van der Waals surface area (Å²) in [6.45, 7) is 11.4. The second-order valence-electron chi connectivity index (χ2n) is 7.76. The fourth-order valence-electron chi connectivity index (χ4n) is 3.23. The SMILES string of the molecule is CCCOc1ccc(/C=C2/SC(=Nc3ccc(C)cc3)N([C@@H](C)CC)C2=O)cc1OCC. The first-order chi connectivity index (χ1) is 15.5. The number of aliphatic imine (C=N–C) groups is 1. The van der Waals surface area contributed by atoms with Gasteiger partial charge in [0, 0.05) is 6.04 Å². The first-order valence-corrected chi connectivity index (χ1v) is 12.1. The molecular weight excluding hydrogens is 420 g/mol. The van der Waals surface area contributed by atoms with Crippen LogP contribution >= 0.6 is 11.8 Å². The highest BCUT2D eigenvalue weighted by Crippen LogP contribution is 2.37. The van der Waals surface area contributed by atoms with Crippen molar-refractivity contribution in [2.24, 2.45) is 4.99 Å². The Balaban J connectivity index is 1.94. The highest BCUT2D eigenvalue weighted by molar-refractivity contribution is 8.18. The van der Waals surface area contributed by atoms with Crippen molar-refractivity contribution >= 4 is 34.6 Å². The number of hydrogen-bond donors (Lipinski definition) is 0. The van der Waals surface area contributed by atoms with Crippen molar-refractivity contribution < 1.29 is 14.3 Å². The van der Waals surface area contributed by atoms with Gasteiger partial charge in [-0.25, -0.2) is 4.99 Å². The van der Waals surface area contributed by atoms with Gasteiger partial charge >= 0.3 is 0 Å². The Hall–Kier alpha value is -2.73. The van der Waals surface area contributed by atoms with E-state index in [1.165, 1.54) is 17.3 Å². The molecule has 0 saturated carbocycles. The molecule has 0 aromatic heterocycles. The first kappa shape index (κ1) is 23.9. The quantitative estimate of drug-likeness (QED) is 0.403. The normalized spacial score (nSPS) is 17.3. The van der Waals surface area contributed by atoms with Gasteiger partial charge in [-0.3, -0.25) is 9.69 Å². The van der Waals surface area contributed by atoms with E-state index in [1.807, 2.05) is 62.4 Å². The summed E-state index contributed by atoms with van der Waals surface area (Å²) in [7, 11) is 0. The van der Waals surface area contributed by atoms with Crippen molar-refractivity contribution in [1.29, 1.82) is 0 Å². The molecule has 3 rings (SSSR count). The van der Waals surface area contributed by atoms with Gasteiger partial charge in [-0.2, -0.15) is 0 Å². The number of amides is 1. The zero-order valence-electron chi connectivity index (χ0n) is 19.6. The number of aryl methyl sites for hydroxylation is 1. The molecule has 32 heavy (non-hydrogen) atoms. The number of rotatable bonds is 9. The summed E-state index contributed by atoms with van der Waals surface area (Å²) in [5.41, 5.74) is 2.92. The third-order valence-electron chi connectivity index (χ3n) is 5.15. The third kappa shape index (κ3) is 5.74. The van der Waals surface area contributed by atoms with Crippen molar-refractivity contribution in [3.63, 3.8) is 0 Å². The van der Waals surface area contributed by atoms with Gasteiger partial charge in [-0.05, 0) is 81.3 Å². The predicted molar refractivity (Wildman–Crippen MR) is 134 cm³/mol. The zero-order chi connectivity index (χ0) is 23.1. The van der Waals surface area contributed by atoms with Gasteiger partial charge in [0.15, 0.2) is 16.7 Å². The molecule has 6 heteroatoms. The Morgan fingerprint density at radius 2 is 1.81 bits per heavy atom. The highest BCUT2D eigenvalue weighted by atomic mass is 32.2. The van der Waals surface area contributed by atoms with Crippen LogP contribution in [-0.2, 0) is 4.79 Å². The van der Waals surface area contributed by atoms with E-state index in [0.29, 0.717) is 29.0 Å². The second kappa shape index (κ2) is 11.2. The summed E-state index contributed by atoms with van der Waals surface area (Å²) in [5.74, 6) is 1.40. The molecule has 170 valence electrons. The van der Waals surface area contributed by atoms with Gasteiger partial charge in [0.25, 0.3) is 5.91 Å². The number of thioether (sulfide) groups is 1. The van der Waals surface area contributed by atoms with E-state index in [2.05, 4.69) is 20.8 Å². The number of amidine groups is 1. The summed E-state index contributed by atoms with van der Waals surface area (Å²) < 4.78 is 11.6. The van der Waals surface area contributed by atoms with Crippen molar-refractivity contribution in [3.8, 4) is 11.5 Å². The minimum absolute atomic E-state index is 0.0144. The van der Waals surface area contributed by atoms with Crippen LogP contribution in [0.5, 0.6) is 11.5 Å². The Kier molecular flexibility index (Phi) is 8.39. The van der Waals surface area contributed by atoms with Crippen LogP contribution in [-0.4, -0.2) is 35.2 Å². The Labute approximate surface area is 195 Å². The largest absolute Gasteiger partial charge is 0.490 e. The van der Waals surface area contributed by atoms with Crippen LogP contribution in [0.25, 0.3) is 6.08 Å². The van der Waals surface area contributed by atoms with Crippen LogP contribution < -0.4 is 9.47 Å². The number of nitrogens with zero attached hydrogens (tertiary/aromatic N) is 2. The second-order valence-corrected chi connectivity index (χ2v) is 8.77. The van der Waals surface area contributed by atoms with Gasteiger partial charge in [-0.15, -0.1) is 0 Å². The number of hydrogen-bond acceptors (Lipinski definition) is 5. The Bertz CT molecular complexity index is 999. The van der Waals surface area contributed by atoms with Crippen LogP contribution in [0.1, 0.15) is 51.7 Å². The van der Waals surface area contributed by atoms with Crippen LogP contribution in [0, 0.1) is 6.92 Å². The molecule has 0 unspecified atom stereocenters. The van der Waals surface area contributed by atoms with Crippen LogP contribution in [0.4, 0.5) is 5.69 Å². The van der Waals surface area contributed by atoms with E-state index in [4.69, 9.17) is 14.5 Å². The molecular formula is C26H32N2O3S. The zero-order valence-corrected chi connectivity index (χ0v) is 20.4. The van der Waals surface area contributed by atoms with Gasteiger partial charge in [-0.1, -0.05) is 37.6 Å². The molecule has 2 aromatic rings. The molecule has 1 amide bonds. The van der Waals surface area contributed by atoms with E-state index in [9.17, 15) is 4.79 Å². The summed E-state index contributed by atoms with van der Waals surface area (Å²) in [6, 6.07) is 13.9. The molecule has 0 bridgehead atoms. The minimum Gasteiger partial charge on any atom is -0.490 e. The maximum atomic E-state index is 13.3. The molecule has 1 saturated heterocycles. The van der Waals surface area contributed by atoms with Crippen LogP contribution in [0.15, 0.2) is 52.4 Å². The van der Waals surface area contributed by atoms with Gasteiger partial charge < -0.3 is 9.47 Å². The maximum Gasteiger partial charge on any atom is 0.266 e. The maximum absolute atomic E-state index is 13.3. The van der Waals surface area contributed by atoms with E-state index in [-0.39, 0.29) is 11.9 Å². The van der Waals surface area contributed by atoms with Crippen molar-refractivity contribution in [3.05, 3.63) is 58.5 Å². The molecule has 0 spiro atoms. The molecule has 1 aliphatic rings. The lowest BCUT2D eigenvalue weighted by atomic mass is 10.1. The van der Waals surface area contributed by atoms with Crippen LogP contribution in [0.2, 0.25) is 0 Å². The molecule has 5 nitrogen and oxygen atoms in total. The van der Waals surface area contributed by atoms with E-state index < -0.39 is 0 Å². The van der Waals surface area contributed by atoms with Crippen molar-refractivity contribution in [1.82, 2.24) is 4.90 Å². The molecule has 1 fully saturated rings.